The summed E-state index contributed by atoms with van der Waals surface area (Å²) in [5.41, 5.74) is 42.5. The Morgan fingerprint density at radius 1 is 0.607 bits per heavy atom. The summed E-state index contributed by atoms with van der Waals surface area (Å²) in [5.74, 6) is 0.927. The van der Waals surface area contributed by atoms with Gasteiger partial charge in [0, 0.05) is 94.8 Å². The Kier molecular flexibility index (Phi) is 29.6. The molecular formula is C92H92N16O11S3. The number of imidazole rings is 2. The molecule has 0 spiro atoms. The van der Waals surface area contributed by atoms with E-state index in [-0.39, 0.29) is 58.0 Å². The van der Waals surface area contributed by atoms with Gasteiger partial charge in [0.05, 0.1) is 91.8 Å². The van der Waals surface area contributed by atoms with Crippen molar-refractivity contribution in [2.45, 2.75) is 96.9 Å². The molecule has 5 amide bonds. The van der Waals surface area contributed by atoms with Crippen molar-refractivity contribution >= 4 is 176 Å². The highest BCUT2D eigenvalue weighted by Crippen LogP contribution is 2.41. The van der Waals surface area contributed by atoms with Crippen molar-refractivity contribution in [3.63, 3.8) is 0 Å². The van der Waals surface area contributed by atoms with Gasteiger partial charge in [-0.15, -0.1) is 22.7 Å². The van der Waals surface area contributed by atoms with E-state index in [4.69, 9.17) is 42.9 Å². The average Bonchev–Trinajstić information content (AvgIpc) is 1.59. The summed E-state index contributed by atoms with van der Waals surface area (Å²) in [5, 5.41) is 10.6. The fraction of sp³-hybridized carbons (Fsp3) is 0.207. The smallest absolute Gasteiger partial charge is 0.273 e. The van der Waals surface area contributed by atoms with E-state index in [1.807, 2.05) is 165 Å². The first-order valence-electron chi connectivity index (χ1n) is 39.4. The highest BCUT2D eigenvalue weighted by Gasteiger charge is 2.32. The number of unbranched alkanes of at least 4 members (excludes halogenated alkanes) is 2. The molecule has 0 bridgehead atoms. The molecule has 0 saturated heterocycles. The Labute approximate surface area is 716 Å². The Balaban J connectivity index is 0.000000138. The number of nitrogens with two attached hydrogens (primary N) is 5. The number of methoxy groups -OCH3 is 3. The van der Waals surface area contributed by atoms with Gasteiger partial charge in [-0.05, 0) is 126 Å². The second-order valence-corrected chi connectivity index (χ2v) is 31.2. The van der Waals surface area contributed by atoms with Crippen molar-refractivity contribution < 1.29 is 52.6 Å². The molecule has 0 atom stereocenters. The van der Waals surface area contributed by atoms with Gasteiger partial charge in [-0.2, -0.15) is 4.37 Å². The summed E-state index contributed by atoms with van der Waals surface area (Å²) in [6.45, 7) is 3.97. The second-order valence-electron chi connectivity index (χ2n) is 28.4. The molecule has 27 nitrogen and oxygen atoms in total. The molecule has 4 aliphatic rings. The van der Waals surface area contributed by atoms with Gasteiger partial charge in [0.1, 0.15) is 47.4 Å². The van der Waals surface area contributed by atoms with Gasteiger partial charge >= 0.3 is 0 Å². The van der Waals surface area contributed by atoms with Crippen molar-refractivity contribution in [1.29, 1.82) is 0 Å². The number of aromatic nitrogens is 7. The van der Waals surface area contributed by atoms with Crippen LogP contribution in [0.5, 0.6) is 17.2 Å². The molecular weight excluding hydrogens is 1600 g/mol. The number of ether oxygens (including phenoxy) is 3. The van der Waals surface area contributed by atoms with Crippen molar-refractivity contribution in [1.82, 2.24) is 39.6 Å². The molecule has 7 aromatic heterocycles. The number of amides is 5. The lowest BCUT2D eigenvalue weighted by atomic mass is 9.95. The number of carbonyl (C=O) groups is 8. The minimum atomic E-state index is -0.531. The van der Waals surface area contributed by atoms with E-state index in [9.17, 15) is 38.4 Å². The number of H-pyrrole nitrogens is 2. The van der Waals surface area contributed by atoms with Crippen LogP contribution in [0.15, 0.2) is 195 Å². The first-order valence-corrected chi connectivity index (χ1v) is 41.8. The predicted molar refractivity (Wildman–Crippen MR) is 485 cm³/mol. The highest BCUT2D eigenvalue weighted by atomic mass is 32.1. The van der Waals surface area contributed by atoms with Gasteiger partial charge in [0.15, 0.2) is 23.0 Å². The summed E-state index contributed by atoms with van der Waals surface area (Å²) >= 11 is 3.29. The van der Waals surface area contributed by atoms with Crippen LogP contribution in [0.25, 0.3) is 55.4 Å². The normalized spacial score (nSPS) is 13.9. The number of benzene rings is 6. The van der Waals surface area contributed by atoms with Crippen LogP contribution in [-0.4, -0.2) is 115 Å². The van der Waals surface area contributed by atoms with Crippen molar-refractivity contribution in [2.75, 3.05) is 60.6 Å². The van der Waals surface area contributed by atoms with Crippen LogP contribution in [0.1, 0.15) is 162 Å². The van der Waals surface area contributed by atoms with Crippen LogP contribution in [0.2, 0.25) is 0 Å². The number of primary amides is 2. The number of pyridine rings is 2. The molecule has 0 radical (unpaired) electrons. The van der Waals surface area contributed by atoms with Gasteiger partial charge in [0.2, 0.25) is 0 Å². The number of aryl methyl sites for hydroxylation is 1. The van der Waals surface area contributed by atoms with E-state index >= 15 is 0 Å². The fourth-order valence-corrected chi connectivity index (χ4v) is 16.6. The number of para-hydroxylation sites is 3. The minimum absolute atomic E-state index is 0.0224. The van der Waals surface area contributed by atoms with E-state index in [1.54, 1.807) is 62.5 Å². The SMILES string of the molecule is CCCCCC(=O)CN(C(=O)c1snc(C(=O)NC2CCCCC2)c1N)c1ccc(OC)cc1OC.CCc1ncc(/C=C2\C(=O)Cc3ccccc32)[nH]1.COc1ccccc1/C=C1\C(=O)Nc2ccccc21.NC(=O)c1sc2nccc(Nc3ccccc3)c2c1N.NC(=O)c1sc2ncccc2c1N.O=C1Cc2ccccc2/C1=C/c1cnc[nH]1. The first kappa shape index (κ1) is 87.1. The van der Waals surface area contributed by atoms with Crippen LogP contribution < -0.4 is 63.7 Å². The number of nitrogens with one attached hydrogen (secondary N) is 5. The third kappa shape index (κ3) is 21.2. The summed E-state index contributed by atoms with van der Waals surface area (Å²) in [6, 6.07) is 51.4. The lowest BCUT2D eigenvalue weighted by molar-refractivity contribution is -0.118. The fourth-order valence-electron chi connectivity index (χ4n) is 14.0. The molecule has 3 aliphatic carbocycles. The molecule has 0 unspecified atom stereocenters. The molecule has 1 saturated carbocycles. The molecule has 13 aromatic rings. The maximum absolute atomic E-state index is 13.7. The van der Waals surface area contributed by atoms with E-state index < -0.39 is 17.7 Å². The molecule has 15 N–H and O–H groups in total. The number of anilines is 7. The molecule has 624 valence electrons. The Bertz CT molecular complexity index is 6080. The van der Waals surface area contributed by atoms with Crippen LogP contribution in [0, 0.1) is 0 Å². The largest absolute Gasteiger partial charge is 0.497 e. The van der Waals surface area contributed by atoms with E-state index in [1.165, 1.54) is 48.2 Å². The Hall–Kier alpha value is -14.2. The zero-order chi connectivity index (χ0) is 86.3. The molecule has 8 heterocycles. The highest BCUT2D eigenvalue weighted by molar-refractivity contribution is 7.21. The molecule has 122 heavy (non-hydrogen) atoms. The van der Waals surface area contributed by atoms with Gasteiger partial charge in [-0.3, -0.25) is 43.3 Å². The van der Waals surface area contributed by atoms with Crippen molar-refractivity contribution in [3.05, 3.63) is 266 Å². The van der Waals surface area contributed by atoms with Crippen LogP contribution in [-0.2, 0) is 38.4 Å². The lowest BCUT2D eigenvalue weighted by Crippen LogP contribution is -2.37. The second kappa shape index (κ2) is 41.4. The van der Waals surface area contributed by atoms with Gasteiger partial charge in [0.25, 0.3) is 29.5 Å². The maximum atomic E-state index is 13.7. The molecule has 30 heteroatoms. The number of carbonyl (C=O) groups excluding carboxylic acids is 8. The third-order valence-corrected chi connectivity index (χ3v) is 23.3. The first-order chi connectivity index (χ1) is 59.2. The Morgan fingerprint density at radius 3 is 1.89 bits per heavy atom. The number of aromatic amines is 2. The number of hydrogen-bond acceptors (Lipinski definition) is 23. The maximum Gasteiger partial charge on any atom is 0.273 e. The van der Waals surface area contributed by atoms with E-state index in [2.05, 4.69) is 57.2 Å². The zero-order valence-electron chi connectivity index (χ0n) is 67.8. The Morgan fingerprint density at radius 2 is 1.25 bits per heavy atom. The summed E-state index contributed by atoms with van der Waals surface area (Å²) in [7, 11) is 4.64. The number of thiophene rings is 2. The van der Waals surface area contributed by atoms with Crippen molar-refractivity contribution in [3.8, 4) is 17.2 Å². The number of allylic oxidation sites excluding steroid dienone is 2. The molecule has 17 rings (SSSR count). The molecule has 6 aromatic carbocycles. The molecule has 1 fully saturated rings. The molecule has 1 aliphatic heterocycles. The average molecular weight is 1690 g/mol. The zero-order valence-corrected chi connectivity index (χ0v) is 70.2. The van der Waals surface area contributed by atoms with Gasteiger partial charge in [-0.1, -0.05) is 149 Å². The summed E-state index contributed by atoms with van der Waals surface area (Å²) < 4.78 is 20.3. The van der Waals surface area contributed by atoms with E-state index in [0.717, 1.165) is 163 Å². The van der Waals surface area contributed by atoms with Crippen LogP contribution >= 0.6 is 34.2 Å². The monoisotopic (exact) mass is 1690 g/mol. The predicted octanol–water partition coefficient (Wildman–Crippen LogP) is 16.2. The van der Waals surface area contributed by atoms with E-state index in [0.29, 0.717) is 68.0 Å². The number of Topliss-reactive ketones (excluding diaryl/α,β-unsaturated/α-hetero) is 3. The van der Waals surface area contributed by atoms with Crippen molar-refractivity contribution in [2.24, 2.45) is 11.5 Å². The number of rotatable bonds is 21. The van der Waals surface area contributed by atoms with Gasteiger partial charge in [-0.25, -0.2) is 19.9 Å². The number of ketones is 3. The number of hydrogen-bond donors (Lipinski definition) is 10. The quantitative estimate of drug-likeness (QED) is 0.0236. The lowest BCUT2D eigenvalue weighted by Gasteiger charge is -2.24. The number of fused-ring (bicyclic) bond motifs is 5. The van der Waals surface area contributed by atoms with Crippen LogP contribution in [0.4, 0.5) is 39.8 Å². The number of nitrogen functional groups attached to an aromatic ring is 3. The minimum Gasteiger partial charge on any atom is -0.497 e. The summed E-state index contributed by atoms with van der Waals surface area (Å²) in [6.07, 6.45) is 24.2. The standard InChI is InChI=1S/C26H36N4O5S.C16H13NO2.C15H14N2O.C14H12N4OS.C13H10N2O.C8H7N3OS/c1-4-5-7-12-18(31)16-30(20-14-13-19(34-2)15-21(20)35-3)26(33)24-22(27)23(29-36-24)25(32)28-17-10-8-6-9-11-17;1-19-15-9-5-2-6-11(15)10-13-12-7-3-4-8-14(12)17-16(13)18;1-2-15-16-9-11(17-15)8-13-12-6-4-3-5-10(12)7-14(13)18;15-11-10-9(18-8-4-2-1-3-5-8)6-7-17-14(10)20-12(11)13(16)19;16-13-5-9-3-1-2-4-11(9)12(13)6-10-7-14-8-15-10;9-5-4-2-1-3-11-8(4)13-6(5)7(10)12/h13-15,17H,4-12,16,27H2,1-3H3,(H,28,32);2-10H,1H3,(H,17,18);3-6,8-9H,2,7H2,1H3,(H,16,17);1-7H,15H2,(H2,16,19)(H,17,18);1-4,6-8H,5H2,(H,14,15);1-3H,9H2,(H2,10,12)/b;13-10-;13-8-;;12-6-;. The third-order valence-electron chi connectivity index (χ3n) is 20.2. The number of nitrogens with zero attached hydrogens (tertiary/aromatic N) is 6. The van der Waals surface area contributed by atoms with Crippen LogP contribution in [0.3, 0.4) is 0 Å². The topological polar surface area (TPSA) is 430 Å². The summed E-state index contributed by atoms with van der Waals surface area (Å²) in [4.78, 5) is 124. The van der Waals surface area contributed by atoms with Gasteiger partial charge < -0.3 is 68.8 Å².